The molecule has 0 aliphatic carbocycles. The molecule has 28 heavy (non-hydrogen) atoms. The molecule has 0 spiro atoms. The first-order valence-corrected chi connectivity index (χ1v) is 9.49. The second kappa shape index (κ2) is 8.01. The second-order valence-corrected chi connectivity index (χ2v) is 6.83. The van der Waals surface area contributed by atoms with Crippen molar-refractivity contribution < 1.29 is 4.92 Å². The predicted octanol–water partition coefficient (Wildman–Crippen LogP) is 4.53. The zero-order chi connectivity index (χ0) is 19.3. The van der Waals surface area contributed by atoms with Crippen LogP contribution < -0.4 is 0 Å². The van der Waals surface area contributed by atoms with Crippen LogP contribution in [-0.4, -0.2) is 24.7 Å². The topological polar surface area (TPSA) is 86.7 Å². The third-order valence-electron chi connectivity index (χ3n) is 4.06. The van der Waals surface area contributed by atoms with E-state index in [1.807, 2.05) is 53.1 Å². The Labute approximate surface area is 165 Å². The molecule has 0 bridgehead atoms. The average Bonchev–Trinajstić information content (AvgIpc) is 3.17. The molecule has 0 atom stereocenters. The van der Waals surface area contributed by atoms with Gasteiger partial charge in [0.1, 0.15) is 0 Å². The number of thioether (sulfide) groups is 1. The minimum absolute atomic E-state index is 0.0410. The lowest BCUT2D eigenvalue weighted by molar-refractivity contribution is -0.384. The Morgan fingerprint density at radius 1 is 0.929 bits per heavy atom. The lowest BCUT2D eigenvalue weighted by Crippen LogP contribution is -2.00. The summed E-state index contributed by atoms with van der Waals surface area (Å²) >= 11 is 1.54. The first-order chi connectivity index (χ1) is 13.7. The minimum Gasteiger partial charge on any atom is -0.270 e. The number of hydrogen-bond acceptors (Lipinski definition) is 6. The van der Waals surface area contributed by atoms with Crippen molar-refractivity contribution in [2.45, 2.75) is 10.9 Å². The van der Waals surface area contributed by atoms with E-state index in [9.17, 15) is 10.1 Å². The van der Waals surface area contributed by atoms with Gasteiger partial charge in [0.25, 0.3) is 5.69 Å². The number of nitro benzene ring substituents is 1. The van der Waals surface area contributed by atoms with Crippen LogP contribution in [0.25, 0.3) is 17.1 Å². The quantitative estimate of drug-likeness (QED) is 0.274. The number of pyridine rings is 1. The molecular weight excluding hydrogens is 374 g/mol. The molecule has 4 aromatic rings. The monoisotopic (exact) mass is 389 g/mol. The maximum Gasteiger partial charge on any atom is 0.269 e. The van der Waals surface area contributed by atoms with E-state index >= 15 is 0 Å². The molecule has 4 rings (SSSR count). The van der Waals surface area contributed by atoms with Gasteiger partial charge in [0, 0.05) is 35.3 Å². The van der Waals surface area contributed by atoms with Crippen molar-refractivity contribution in [1.29, 1.82) is 0 Å². The van der Waals surface area contributed by atoms with Gasteiger partial charge in [-0.15, -0.1) is 10.2 Å². The first-order valence-electron chi connectivity index (χ1n) is 8.51. The van der Waals surface area contributed by atoms with Crippen molar-refractivity contribution in [3.8, 4) is 17.1 Å². The zero-order valence-electron chi connectivity index (χ0n) is 14.7. The molecule has 2 heterocycles. The summed E-state index contributed by atoms with van der Waals surface area (Å²) in [4.78, 5) is 14.9. The fraction of sp³-hybridized carbons (Fsp3) is 0.0500. The van der Waals surface area contributed by atoms with E-state index in [2.05, 4.69) is 15.2 Å². The highest BCUT2D eigenvalue weighted by molar-refractivity contribution is 7.98. The molecule has 0 N–H and O–H groups in total. The van der Waals surface area contributed by atoms with Gasteiger partial charge in [0.15, 0.2) is 11.0 Å². The second-order valence-electron chi connectivity index (χ2n) is 5.89. The summed E-state index contributed by atoms with van der Waals surface area (Å²) in [7, 11) is 0. The van der Waals surface area contributed by atoms with Gasteiger partial charge < -0.3 is 0 Å². The maximum atomic E-state index is 10.9. The molecule has 0 radical (unpaired) electrons. The van der Waals surface area contributed by atoms with Crippen molar-refractivity contribution in [1.82, 2.24) is 19.7 Å². The summed E-state index contributed by atoms with van der Waals surface area (Å²) in [6.07, 6.45) is 1.76. The molecule has 0 saturated carbocycles. The van der Waals surface area contributed by atoms with Crippen LogP contribution >= 0.6 is 11.8 Å². The fourth-order valence-corrected chi connectivity index (χ4v) is 3.58. The van der Waals surface area contributed by atoms with E-state index in [1.54, 1.807) is 18.3 Å². The number of rotatable bonds is 6. The van der Waals surface area contributed by atoms with Crippen LogP contribution in [-0.2, 0) is 5.75 Å². The van der Waals surface area contributed by atoms with E-state index in [0.717, 1.165) is 22.1 Å². The van der Waals surface area contributed by atoms with Gasteiger partial charge in [0.2, 0.25) is 0 Å². The molecule has 0 fully saturated rings. The lowest BCUT2D eigenvalue weighted by atomic mass is 10.2. The van der Waals surface area contributed by atoms with Crippen LogP contribution in [0.2, 0.25) is 0 Å². The highest BCUT2D eigenvalue weighted by atomic mass is 32.2. The lowest BCUT2D eigenvalue weighted by Gasteiger charge is -2.10. The normalized spacial score (nSPS) is 10.7. The van der Waals surface area contributed by atoms with Gasteiger partial charge >= 0.3 is 0 Å². The van der Waals surface area contributed by atoms with Gasteiger partial charge in [-0.05, 0) is 36.4 Å². The van der Waals surface area contributed by atoms with Gasteiger partial charge in [-0.3, -0.25) is 19.7 Å². The third-order valence-corrected chi connectivity index (χ3v) is 5.02. The molecule has 0 saturated heterocycles. The summed E-state index contributed by atoms with van der Waals surface area (Å²) in [5.74, 6) is 1.29. The molecule has 138 valence electrons. The van der Waals surface area contributed by atoms with Crippen LogP contribution in [0, 0.1) is 10.1 Å². The summed E-state index contributed by atoms with van der Waals surface area (Å²) in [6.45, 7) is 0. The number of benzene rings is 2. The summed E-state index contributed by atoms with van der Waals surface area (Å²) in [5, 5.41) is 20.4. The Balaban J connectivity index is 1.72. The van der Waals surface area contributed by atoms with Gasteiger partial charge in [-0.25, -0.2) is 0 Å². The molecule has 8 heteroatoms. The number of aromatic nitrogens is 4. The zero-order valence-corrected chi connectivity index (χ0v) is 15.5. The molecule has 0 aliphatic rings. The predicted molar refractivity (Wildman–Crippen MR) is 107 cm³/mol. The number of nitro groups is 1. The van der Waals surface area contributed by atoms with Crippen molar-refractivity contribution in [2.75, 3.05) is 0 Å². The van der Waals surface area contributed by atoms with Crippen molar-refractivity contribution in [2.24, 2.45) is 0 Å². The van der Waals surface area contributed by atoms with E-state index in [1.165, 1.54) is 23.9 Å². The summed E-state index contributed by atoms with van der Waals surface area (Å²) < 4.78 is 1.95. The van der Waals surface area contributed by atoms with E-state index in [4.69, 9.17) is 0 Å². The van der Waals surface area contributed by atoms with Crippen LogP contribution in [0.4, 0.5) is 5.69 Å². The molecule has 0 aliphatic heterocycles. The molecule has 2 aromatic heterocycles. The highest BCUT2D eigenvalue weighted by Crippen LogP contribution is 2.30. The van der Waals surface area contributed by atoms with E-state index in [0.29, 0.717) is 11.6 Å². The van der Waals surface area contributed by atoms with E-state index < -0.39 is 4.92 Å². The highest BCUT2D eigenvalue weighted by Gasteiger charge is 2.17. The molecule has 2 aromatic carbocycles. The van der Waals surface area contributed by atoms with Crippen LogP contribution in [0.1, 0.15) is 5.69 Å². The third kappa shape index (κ3) is 3.77. The SMILES string of the molecule is O=[N+]([O-])c1ccc(-c2nnc(SCc3ccccn3)n2-c2ccccc2)cc1. The fourth-order valence-electron chi connectivity index (χ4n) is 2.71. The number of para-hydroxylation sites is 1. The van der Waals surface area contributed by atoms with Crippen molar-refractivity contribution in [3.63, 3.8) is 0 Å². The Kier molecular flexibility index (Phi) is 5.11. The average molecular weight is 389 g/mol. The minimum atomic E-state index is -0.417. The van der Waals surface area contributed by atoms with Crippen LogP contribution in [0.5, 0.6) is 0 Å². The first kappa shape index (κ1) is 17.9. The van der Waals surface area contributed by atoms with Gasteiger partial charge in [0.05, 0.1) is 10.6 Å². The molecule has 0 unspecified atom stereocenters. The smallest absolute Gasteiger partial charge is 0.269 e. The Bertz CT molecular complexity index is 1080. The Hall–Kier alpha value is -3.52. The molecule has 0 amide bonds. The van der Waals surface area contributed by atoms with Gasteiger partial charge in [-0.1, -0.05) is 36.0 Å². The maximum absolute atomic E-state index is 10.9. The Morgan fingerprint density at radius 3 is 2.36 bits per heavy atom. The number of hydrogen-bond donors (Lipinski definition) is 0. The van der Waals surface area contributed by atoms with Crippen molar-refractivity contribution in [3.05, 3.63) is 94.8 Å². The largest absolute Gasteiger partial charge is 0.270 e. The number of non-ortho nitro benzene ring substituents is 1. The standard InChI is InChI=1S/C20H15N5O2S/c26-25(27)18-11-9-15(10-12-18)19-22-23-20(24(19)17-7-2-1-3-8-17)28-14-16-6-4-5-13-21-16/h1-13H,14H2. The summed E-state index contributed by atoms with van der Waals surface area (Å²) in [6, 6.07) is 21.9. The molecule has 7 nitrogen and oxygen atoms in total. The van der Waals surface area contributed by atoms with Gasteiger partial charge in [-0.2, -0.15) is 0 Å². The van der Waals surface area contributed by atoms with E-state index in [-0.39, 0.29) is 5.69 Å². The summed E-state index contributed by atoms with van der Waals surface area (Å²) in [5.41, 5.74) is 2.67. The number of nitrogens with zero attached hydrogens (tertiary/aromatic N) is 5. The Morgan fingerprint density at radius 2 is 1.68 bits per heavy atom. The van der Waals surface area contributed by atoms with Crippen molar-refractivity contribution >= 4 is 17.4 Å². The van der Waals surface area contributed by atoms with Crippen LogP contribution in [0.15, 0.2) is 84.1 Å². The van der Waals surface area contributed by atoms with Crippen LogP contribution in [0.3, 0.4) is 0 Å². The molecular formula is C20H15N5O2S.